The molecule has 128 valence electrons. The zero-order valence-electron chi connectivity index (χ0n) is 14.7. The van der Waals surface area contributed by atoms with Gasteiger partial charge in [-0.15, -0.1) is 0 Å². The molecule has 0 aliphatic rings. The molecule has 1 aromatic heterocycles. The predicted octanol–water partition coefficient (Wildman–Crippen LogP) is 5.56. The third-order valence-corrected chi connectivity index (χ3v) is 4.44. The summed E-state index contributed by atoms with van der Waals surface area (Å²) in [6.07, 6.45) is 2.01. The lowest BCUT2D eigenvalue weighted by Crippen LogP contribution is -2.10. The Bertz CT molecular complexity index is 765. The number of ketones is 1. The van der Waals surface area contributed by atoms with E-state index in [1.165, 1.54) is 0 Å². The molecule has 0 saturated carbocycles. The highest BCUT2D eigenvalue weighted by Gasteiger charge is 2.18. The van der Waals surface area contributed by atoms with Crippen molar-refractivity contribution >= 4 is 5.78 Å². The molecule has 3 aromatic rings. The second-order valence-electron chi connectivity index (χ2n) is 6.28. The van der Waals surface area contributed by atoms with E-state index in [2.05, 4.69) is 0 Å². The number of hydrogen-bond acceptors (Lipinski definition) is 3. The Kier molecular flexibility index (Phi) is 5.44. The fraction of sp³-hybridized carbons (Fsp3) is 0.273. The van der Waals surface area contributed by atoms with Gasteiger partial charge in [-0.3, -0.25) is 4.79 Å². The summed E-state index contributed by atoms with van der Waals surface area (Å²) >= 11 is 0. The van der Waals surface area contributed by atoms with Gasteiger partial charge < -0.3 is 4.42 Å². The standard InChI is InChI=1S/C22H23NO2/c1-3-19(24)16(2)14-15-20-23-21(17-10-6-4-7-11-17)22(25-20)18-12-8-5-9-13-18/h4-13,16H,3,14-15H2,1-2H3. The Morgan fingerprint density at radius 2 is 1.60 bits per heavy atom. The number of carbonyl (C=O) groups is 1. The maximum Gasteiger partial charge on any atom is 0.195 e. The highest BCUT2D eigenvalue weighted by atomic mass is 16.4. The van der Waals surface area contributed by atoms with Gasteiger partial charge in [-0.1, -0.05) is 74.5 Å². The van der Waals surface area contributed by atoms with Gasteiger partial charge in [-0.25, -0.2) is 4.98 Å². The Morgan fingerprint density at radius 1 is 1.00 bits per heavy atom. The summed E-state index contributed by atoms with van der Waals surface area (Å²) in [6.45, 7) is 3.88. The summed E-state index contributed by atoms with van der Waals surface area (Å²) < 4.78 is 6.10. The maximum absolute atomic E-state index is 11.8. The van der Waals surface area contributed by atoms with Crippen LogP contribution in [0.4, 0.5) is 0 Å². The average Bonchev–Trinajstić information content (AvgIpc) is 3.11. The molecule has 0 aliphatic carbocycles. The molecule has 1 unspecified atom stereocenters. The molecule has 1 heterocycles. The first-order valence-electron chi connectivity index (χ1n) is 8.82. The molecule has 0 fully saturated rings. The second kappa shape index (κ2) is 7.93. The van der Waals surface area contributed by atoms with E-state index in [9.17, 15) is 4.79 Å². The Morgan fingerprint density at radius 3 is 2.20 bits per heavy atom. The number of oxazole rings is 1. The van der Waals surface area contributed by atoms with Gasteiger partial charge in [0.05, 0.1) is 0 Å². The topological polar surface area (TPSA) is 43.1 Å². The summed E-state index contributed by atoms with van der Waals surface area (Å²) in [7, 11) is 0. The fourth-order valence-corrected chi connectivity index (χ4v) is 2.90. The van der Waals surface area contributed by atoms with Crippen LogP contribution in [0.25, 0.3) is 22.6 Å². The van der Waals surface area contributed by atoms with E-state index in [4.69, 9.17) is 9.40 Å². The lowest BCUT2D eigenvalue weighted by atomic mass is 9.99. The van der Waals surface area contributed by atoms with Gasteiger partial charge in [0.25, 0.3) is 0 Å². The third kappa shape index (κ3) is 4.05. The van der Waals surface area contributed by atoms with Crippen LogP contribution in [-0.4, -0.2) is 10.8 Å². The largest absolute Gasteiger partial charge is 0.440 e. The van der Waals surface area contributed by atoms with Crippen molar-refractivity contribution in [2.45, 2.75) is 33.1 Å². The van der Waals surface area contributed by atoms with Crippen molar-refractivity contribution in [2.24, 2.45) is 5.92 Å². The van der Waals surface area contributed by atoms with Gasteiger partial charge in [0.2, 0.25) is 0 Å². The van der Waals surface area contributed by atoms with Crippen LogP contribution in [0.2, 0.25) is 0 Å². The Hall–Kier alpha value is -2.68. The van der Waals surface area contributed by atoms with E-state index in [-0.39, 0.29) is 11.7 Å². The molecule has 0 bridgehead atoms. The van der Waals surface area contributed by atoms with E-state index >= 15 is 0 Å². The van der Waals surface area contributed by atoms with E-state index in [0.29, 0.717) is 18.7 Å². The molecule has 3 rings (SSSR count). The molecule has 3 nitrogen and oxygen atoms in total. The lowest BCUT2D eigenvalue weighted by Gasteiger charge is -2.06. The normalized spacial score (nSPS) is 12.1. The fourth-order valence-electron chi connectivity index (χ4n) is 2.90. The number of carbonyl (C=O) groups excluding carboxylic acids is 1. The van der Waals surface area contributed by atoms with Crippen LogP contribution >= 0.6 is 0 Å². The minimum absolute atomic E-state index is 0.0391. The molecule has 3 heteroatoms. The predicted molar refractivity (Wildman–Crippen MR) is 100 cm³/mol. The van der Waals surface area contributed by atoms with Crippen molar-refractivity contribution in [3.63, 3.8) is 0 Å². The number of aromatic nitrogens is 1. The first-order valence-corrected chi connectivity index (χ1v) is 8.82. The molecule has 0 radical (unpaired) electrons. The molecule has 0 spiro atoms. The van der Waals surface area contributed by atoms with Crippen molar-refractivity contribution in [2.75, 3.05) is 0 Å². The number of hydrogen-bond donors (Lipinski definition) is 0. The van der Waals surface area contributed by atoms with Crippen molar-refractivity contribution in [1.29, 1.82) is 0 Å². The van der Waals surface area contributed by atoms with Crippen LogP contribution in [0.5, 0.6) is 0 Å². The van der Waals surface area contributed by atoms with E-state index in [0.717, 1.165) is 29.0 Å². The molecule has 2 aromatic carbocycles. The van der Waals surface area contributed by atoms with Gasteiger partial charge in [-0.05, 0) is 6.42 Å². The van der Waals surface area contributed by atoms with E-state index in [1.807, 2.05) is 74.5 Å². The molecule has 0 amide bonds. The van der Waals surface area contributed by atoms with Crippen molar-refractivity contribution in [1.82, 2.24) is 4.98 Å². The van der Waals surface area contributed by atoms with Gasteiger partial charge in [-0.2, -0.15) is 0 Å². The molecule has 1 atom stereocenters. The number of nitrogens with zero attached hydrogens (tertiary/aromatic N) is 1. The first-order chi connectivity index (χ1) is 12.2. The molecular formula is C22H23NO2. The highest BCUT2D eigenvalue weighted by molar-refractivity contribution is 5.80. The van der Waals surface area contributed by atoms with Crippen LogP contribution < -0.4 is 0 Å². The van der Waals surface area contributed by atoms with Gasteiger partial charge in [0.15, 0.2) is 11.7 Å². The lowest BCUT2D eigenvalue weighted by molar-refractivity contribution is -0.122. The Labute approximate surface area is 148 Å². The summed E-state index contributed by atoms with van der Waals surface area (Å²) in [5, 5.41) is 0. The van der Waals surface area contributed by atoms with Gasteiger partial charge >= 0.3 is 0 Å². The summed E-state index contributed by atoms with van der Waals surface area (Å²) in [5.74, 6) is 1.81. The highest BCUT2D eigenvalue weighted by Crippen LogP contribution is 2.33. The molecule has 0 aliphatic heterocycles. The zero-order chi connectivity index (χ0) is 17.6. The minimum Gasteiger partial charge on any atom is -0.440 e. The monoisotopic (exact) mass is 333 g/mol. The average molecular weight is 333 g/mol. The van der Waals surface area contributed by atoms with Gasteiger partial charge in [0.1, 0.15) is 11.5 Å². The molecule has 0 N–H and O–H groups in total. The van der Waals surface area contributed by atoms with Crippen LogP contribution in [0, 0.1) is 5.92 Å². The van der Waals surface area contributed by atoms with E-state index < -0.39 is 0 Å². The smallest absolute Gasteiger partial charge is 0.195 e. The number of benzene rings is 2. The summed E-state index contributed by atoms with van der Waals surface area (Å²) in [5.41, 5.74) is 2.91. The third-order valence-electron chi connectivity index (χ3n) is 4.44. The SMILES string of the molecule is CCC(=O)C(C)CCc1nc(-c2ccccc2)c(-c2ccccc2)o1. The van der Waals surface area contributed by atoms with Crippen LogP contribution in [0.15, 0.2) is 65.1 Å². The number of aryl methyl sites for hydroxylation is 1. The Balaban J connectivity index is 1.91. The number of rotatable bonds is 7. The van der Waals surface area contributed by atoms with Crippen LogP contribution in [0.1, 0.15) is 32.6 Å². The minimum atomic E-state index is 0.0391. The zero-order valence-corrected chi connectivity index (χ0v) is 14.7. The first kappa shape index (κ1) is 17.2. The van der Waals surface area contributed by atoms with Crippen molar-refractivity contribution < 1.29 is 9.21 Å². The van der Waals surface area contributed by atoms with Crippen LogP contribution in [-0.2, 0) is 11.2 Å². The summed E-state index contributed by atoms with van der Waals surface area (Å²) in [4.78, 5) is 16.5. The van der Waals surface area contributed by atoms with Crippen molar-refractivity contribution in [3.8, 4) is 22.6 Å². The van der Waals surface area contributed by atoms with Crippen LogP contribution in [0.3, 0.4) is 0 Å². The quantitative estimate of drug-likeness (QED) is 0.569. The molecular weight excluding hydrogens is 310 g/mol. The van der Waals surface area contributed by atoms with Crippen molar-refractivity contribution in [3.05, 3.63) is 66.6 Å². The number of Topliss-reactive ketones (excluding diaryl/α,β-unsaturated/α-hetero) is 1. The summed E-state index contributed by atoms with van der Waals surface area (Å²) in [6, 6.07) is 20.1. The second-order valence-corrected chi connectivity index (χ2v) is 6.28. The maximum atomic E-state index is 11.8. The van der Waals surface area contributed by atoms with Gasteiger partial charge in [0, 0.05) is 29.9 Å². The molecule has 25 heavy (non-hydrogen) atoms. The molecule has 0 saturated heterocycles. The van der Waals surface area contributed by atoms with E-state index in [1.54, 1.807) is 0 Å².